The van der Waals surface area contributed by atoms with Crippen LogP contribution < -0.4 is 17.0 Å². The first kappa shape index (κ1) is 14.5. The van der Waals surface area contributed by atoms with E-state index in [4.69, 9.17) is 4.74 Å². The van der Waals surface area contributed by atoms with Gasteiger partial charge in [-0.05, 0) is 18.7 Å². The molecule has 2 aliphatic rings. The van der Waals surface area contributed by atoms with E-state index < -0.39 is 0 Å². The summed E-state index contributed by atoms with van der Waals surface area (Å²) in [4.78, 5) is 24.7. The van der Waals surface area contributed by atoms with Crippen molar-refractivity contribution in [1.29, 1.82) is 0 Å². The maximum Gasteiger partial charge on any atom is 0.348 e. The molecule has 0 aromatic carbocycles. The first-order chi connectivity index (χ1) is 7.72. The predicted molar refractivity (Wildman–Crippen MR) is 60.4 cm³/mol. The largest absolute Gasteiger partial charge is 1.00 e. The van der Waals surface area contributed by atoms with Gasteiger partial charge in [-0.1, -0.05) is 0 Å². The summed E-state index contributed by atoms with van der Waals surface area (Å²) in [5.74, 6) is 0.416. The maximum absolute atomic E-state index is 11.5. The molecule has 0 atom stereocenters. The van der Waals surface area contributed by atoms with Gasteiger partial charge < -0.3 is 21.7 Å². The molecule has 0 aromatic heterocycles. The lowest BCUT2D eigenvalue weighted by Crippen LogP contribution is -3.00. The highest BCUT2D eigenvalue weighted by atomic mass is 79.9. The molecule has 0 N–H and O–H groups in total. The molecule has 2 aliphatic heterocycles. The zero-order chi connectivity index (χ0) is 11.5. The summed E-state index contributed by atoms with van der Waals surface area (Å²) in [5, 5.41) is 0.921. The molecular formula is C10H15BrN2O3S. The Kier molecular flexibility index (Phi) is 5.45. The Morgan fingerprint density at radius 1 is 1.59 bits per heavy atom. The van der Waals surface area contributed by atoms with Crippen molar-refractivity contribution in [3.05, 3.63) is 0 Å². The minimum Gasteiger partial charge on any atom is -1.00 e. The van der Waals surface area contributed by atoms with Gasteiger partial charge in [-0.2, -0.15) is 4.90 Å². The number of hydrogen-bond acceptors (Lipinski definition) is 4. The number of fused-ring (bicyclic) bond motifs is 1. The first-order valence-corrected chi connectivity index (χ1v) is 6.41. The van der Waals surface area contributed by atoms with Crippen molar-refractivity contribution < 1.29 is 35.9 Å². The minimum atomic E-state index is -0.225. The number of halogens is 1. The van der Waals surface area contributed by atoms with Crippen LogP contribution in [-0.4, -0.2) is 58.5 Å². The summed E-state index contributed by atoms with van der Waals surface area (Å²) >= 11 is 1.51. The van der Waals surface area contributed by atoms with Gasteiger partial charge in [0, 0.05) is 6.42 Å². The lowest BCUT2D eigenvalue weighted by molar-refractivity contribution is -0.525. The number of rotatable bonds is 3. The van der Waals surface area contributed by atoms with E-state index in [9.17, 15) is 9.59 Å². The second-order valence-corrected chi connectivity index (χ2v) is 4.64. The zero-order valence-electron chi connectivity index (χ0n) is 9.65. The number of amidine groups is 1. The molecule has 0 radical (unpaired) electrons. The second-order valence-electron chi connectivity index (χ2n) is 3.70. The van der Waals surface area contributed by atoms with Gasteiger partial charge in [-0.25, -0.2) is 14.2 Å². The number of hydrogen-bond donors (Lipinski definition) is 0. The van der Waals surface area contributed by atoms with E-state index in [1.54, 1.807) is 11.8 Å². The van der Waals surface area contributed by atoms with Crippen LogP contribution in [0.1, 0.15) is 13.3 Å². The SMILES string of the molecule is CCOC(=O)C[N+]1=C2SCC(=O)N2CCC1.[Br-]. The van der Waals surface area contributed by atoms with E-state index >= 15 is 0 Å². The van der Waals surface area contributed by atoms with Crippen LogP contribution in [0.4, 0.5) is 0 Å². The molecule has 0 unspecified atom stereocenters. The number of ether oxygens (including phenoxy) is 1. The molecule has 0 spiro atoms. The highest BCUT2D eigenvalue weighted by Gasteiger charge is 2.40. The van der Waals surface area contributed by atoms with Crippen LogP contribution >= 0.6 is 11.8 Å². The molecule has 96 valence electrons. The molecule has 0 bridgehead atoms. The smallest absolute Gasteiger partial charge is 0.348 e. The molecule has 0 aromatic rings. The fourth-order valence-corrected chi connectivity index (χ4v) is 2.99. The average molecular weight is 323 g/mol. The number of amides is 1. The summed E-state index contributed by atoms with van der Waals surface area (Å²) in [6, 6.07) is 0. The summed E-state index contributed by atoms with van der Waals surface area (Å²) in [6.07, 6.45) is 0.912. The van der Waals surface area contributed by atoms with E-state index in [-0.39, 0.29) is 35.4 Å². The molecule has 5 nitrogen and oxygen atoms in total. The van der Waals surface area contributed by atoms with Crippen LogP contribution in [0.25, 0.3) is 0 Å². The molecular weight excluding hydrogens is 308 g/mol. The van der Waals surface area contributed by atoms with Crippen molar-refractivity contribution in [2.45, 2.75) is 13.3 Å². The van der Waals surface area contributed by atoms with Gasteiger partial charge in [0.05, 0.1) is 19.7 Å². The van der Waals surface area contributed by atoms with Gasteiger partial charge in [0.25, 0.3) is 0 Å². The topological polar surface area (TPSA) is 49.6 Å². The van der Waals surface area contributed by atoms with Crippen molar-refractivity contribution in [3.63, 3.8) is 0 Å². The van der Waals surface area contributed by atoms with E-state index in [1.165, 1.54) is 11.8 Å². The molecule has 1 fully saturated rings. The average Bonchev–Trinajstić information content (AvgIpc) is 2.62. The molecule has 1 amide bonds. The fourth-order valence-electron chi connectivity index (χ4n) is 1.90. The Labute approximate surface area is 115 Å². The maximum atomic E-state index is 11.5. The van der Waals surface area contributed by atoms with E-state index in [0.29, 0.717) is 12.4 Å². The van der Waals surface area contributed by atoms with Gasteiger partial charge in [0.1, 0.15) is 5.75 Å². The second kappa shape index (κ2) is 6.39. The Balaban J connectivity index is 0.00000144. The van der Waals surface area contributed by atoms with Gasteiger partial charge in [-0.15, -0.1) is 0 Å². The Hall–Kier alpha value is -0.560. The van der Waals surface area contributed by atoms with Gasteiger partial charge in [0.2, 0.25) is 0 Å². The highest BCUT2D eigenvalue weighted by molar-refractivity contribution is 8.14. The fraction of sp³-hybridized carbons (Fsp3) is 0.700. The number of carbonyl (C=O) groups is 2. The normalized spacial score (nSPS) is 18.9. The van der Waals surface area contributed by atoms with Crippen molar-refractivity contribution in [2.24, 2.45) is 0 Å². The monoisotopic (exact) mass is 322 g/mol. The standard InChI is InChI=1S/C10H15N2O3S.BrH/c1-2-15-9(14)6-11-4-3-5-12-8(13)7-16-10(11)12;/h2-7H2,1H3;1H/q+1;/p-1. The van der Waals surface area contributed by atoms with Gasteiger partial charge in [-0.3, -0.25) is 0 Å². The number of thioether (sulfide) groups is 1. The quantitative estimate of drug-likeness (QED) is 0.408. The summed E-state index contributed by atoms with van der Waals surface area (Å²) in [7, 11) is 0. The van der Waals surface area contributed by atoms with Crippen molar-refractivity contribution >= 4 is 28.8 Å². The molecule has 2 rings (SSSR count). The Morgan fingerprint density at radius 3 is 3.06 bits per heavy atom. The Morgan fingerprint density at radius 2 is 2.35 bits per heavy atom. The summed E-state index contributed by atoms with van der Waals surface area (Å²) in [5.41, 5.74) is 0. The molecule has 0 saturated carbocycles. The van der Waals surface area contributed by atoms with Gasteiger partial charge >= 0.3 is 17.0 Å². The number of carbonyl (C=O) groups excluding carboxylic acids is 2. The molecule has 17 heavy (non-hydrogen) atoms. The van der Waals surface area contributed by atoms with Crippen LogP contribution in [0.5, 0.6) is 0 Å². The first-order valence-electron chi connectivity index (χ1n) is 5.43. The third-order valence-corrected chi connectivity index (χ3v) is 3.69. The van der Waals surface area contributed by atoms with Crippen molar-refractivity contribution in [2.75, 3.05) is 32.0 Å². The lowest BCUT2D eigenvalue weighted by Gasteiger charge is -2.18. The predicted octanol–water partition coefficient (Wildman–Crippen LogP) is -3.10. The van der Waals surface area contributed by atoms with E-state index in [1.807, 2.05) is 4.58 Å². The van der Waals surface area contributed by atoms with Crippen LogP contribution in [0.15, 0.2) is 0 Å². The van der Waals surface area contributed by atoms with Crippen LogP contribution in [0.3, 0.4) is 0 Å². The van der Waals surface area contributed by atoms with Crippen molar-refractivity contribution in [1.82, 2.24) is 4.90 Å². The molecule has 0 aliphatic carbocycles. The number of nitrogens with zero attached hydrogens (tertiary/aromatic N) is 2. The third kappa shape index (κ3) is 3.22. The van der Waals surface area contributed by atoms with Crippen LogP contribution in [0, 0.1) is 0 Å². The van der Waals surface area contributed by atoms with Gasteiger partial charge in [0.15, 0.2) is 6.54 Å². The molecule has 1 saturated heterocycles. The van der Waals surface area contributed by atoms with Crippen LogP contribution in [-0.2, 0) is 14.3 Å². The minimum absolute atomic E-state index is 0. The lowest BCUT2D eigenvalue weighted by atomic mass is 10.3. The molecule has 2 heterocycles. The summed E-state index contributed by atoms with van der Waals surface area (Å²) in [6.45, 7) is 4.05. The van der Waals surface area contributed by atoms with Crippen molar-refractivity contribution in [3.8, 4) is 0 Å². The highest BCUT2D eigenvalue weighted by Crippen LogP contribution is 2.22. The number of esters is 1. The third-order valence-electron chi connectivity index (χ3n) is 2.56. The summed E-state index contributed by atoms with van der Waals surface area (Å²) < 4.78 is 6.85. The van der Waals surface area contributed by atoms with E-state index in [2.05, 4.69) is 0 Å². The Bertz CT molecular complexity index is 359. The zero-order valence-corrected chi connectivity index (χ0v) is 12.1. The van der Waals surface area contributed by atoms with Crippen LogP contribution in [0.2, 0.25) is 0 Å². The molecule has 7 heteroatoms. The van der Waals surface area contributed by atoms with E-state index in [0.717, 1.165) is 24.7 Å².